The molecule has 3 aromatic rings. The summed E-state index contributed by atoms with van der Waals surface area (Å²) in [6, 6.07) is 9.90. The second-order valence-electron chi connectivity index (χ2n) is 7.40. The molecule has 0 aliphatic carbocycles. The summed E-state index contributed by atoms with van der Waals surface area (Å²) in [6.07, 6.45) is 3.26. The zero-order chi connectivity index (χ0) is 21.2. The molecule has 5 rings (SSSR count). The maximum Gasteiger partial charge on any atom is 0.231 e. The van der Waals surface area contributed by atoms with E-state index in [1.165, 1.54) is 11.9 Å². The number of benzene rings is 1. The van der Waals surface area contributed by atoms with Crippen LogP contribution in [0.1, 0.15) is 5.56 Å². The Hall–Kier alpha value is -3.11. The summed E-state index contributed by atoms with van der Waals surface area (Å²) in [5, 5.41) is 3.17. The lowest BCUT2D eigenvalue weighted by atomic mass is 10.1. The van der Waals surface area contributed by atoms with Crippen molar-refractivity contribution in [2.24, 2.45) is 0 Å². The van der Waals surface area contributed by atoms with Crippen LogP contribution in [0, 0.1) is 0 Å². The lowest BCUT2D eigenvalue weighted by molar-refractivity contribution is 0.174. The number of ether oxygens (including phenoxy) is 2. The first kappa shape index (κ1) is 19.8. The van der Waals surface area contributed by atoms with Crippen LogP contribution in [-0.2, 0) is 6.54 Å². The number of nitrogen functional groups attached to an aromatic ring is 1. The van der Waals surface area contributed by atoms with Gasteiger partial charge in [-0.15, -0.1) is 0 Å². The highest BCUT2D eigenvalue weighted by atomic mass is 79.9. The van der Waals surface area contributed by atoms with E-state index >= 15 is 0 Å². The van der Waals surface area contributed by atoms with Crippen molar-refractivity contribution >= 4 is 39.1 Å². The second-order valence-corrected chi connectivity index (χ2v) is 8.31. The first-order valence-corrected chi connectivity index (χ1v) is 10.8. The van der Waals surface area contributed by atoms with E-state index in [-0.39, 0.29) is 0 Å². The topological polar surface area (TPSA) is 102 Å². The number of piperazine rings is 1. The maximum absolute atomic E-state index is 6.40. The van der Waals surface area contributed by atoms with Gasteiger partial charge in [0.25, 0.3) is 0 Å². The van der Waals surface area contributed by atoms with E-state index in [2.05, 4.69) is 58.1 Å². The molecule has 9 nitrogen and oxygen atoms in total. The first-order chi connectivity index (χ1) is 15.2. The number of aromatic nitrogens is 3. The molecule has 160 valence electrons. The van der Waals surface area contributed by atoms with Crippen LogP contribution in [0.5, 0.6) is 11.5 Å². The van der Waals surface area contributed by atoms with Gasteiger partial charge in [0, 0.05) is 43.4 Å². The van der Waals surface area contributed by atoms with Gasteiger partial charge in [-0.05, 0) is 45.8 Å². The highest BCUT2D eigenvalue weighted by molar-refractivity contribution is 9.10. The molecule has 1 saturated heterocycles. The van der Waals surface area contributed by atoms with Crippen LogP contribution in [0.3, 0.4) is 0 Å². The van der Waals surface area contributed by atoms with Crippen LogP contribution in [0.15, 0.2) is 47.3 Å². The van der Waals surface area contributed by atoms with Crippen molar-refractivity contribution in [3.05, 3.63) is 52.9 Å². The summed E-state index contributed by atoms with van der Waals surface area (Å²) in [4.78, 5) is 17.7. The molecule has 0 amide bonds. The fourth-order valence-corrected chi connectivity index (χ4v) is 3.96. The Balaban J connectivity index is 1.22. The summed E-state index contributed by atoms with van der Waals surface area (Å²) >= 11 is 3.38. The highest BCUT2D eigenvalue weighted by Gasteiger charge is 2.22. The van der Waals surface area contributed by atoms with Crippen LogP contribution < -0.4 is 25.4 Å². The van der Waals surface area contributed by atoms with E-state index < -0.39 is 0 Å². The number of hydrogen-bond acceptors (Lipinski definition) is 9. The number of halogens is 1. The average Bonchev–Trinajstić information content (AvgIpc) is 3.25. The molecule has 1 fully saturated rings. The second kappa shape index (κ2) is 8.56. The Kier molecular flexibility index (Phi) is 5.47. The predicted octanol–water partition coefficient (Wildman–Crippen LogP) is 3.01. The molecule has 0 spiro atoms. The molecule has 1 aromatic carbocycles. The fourth-order valence-electron chi connectivity index (χ4n) is 3.72. The molecule has 4 heterocycles. The third-order valence-electron chi connectivity index (χ3n) is 5.35. The van der Waals surface area contributed by atoms with Gasteiger partial charge in [-0.2, -0.15) is 0 Å². The number of fused-ring (bicyclic) bond motifs is 1. The lowest BCUT2D eigenvalue weighted by Gasteiger charge is -2.36. The third-order valence-corrected chi connectivity index (χ3v) is 5.82. The molecule has 3 N–H and O–H groups in total. The van der Waals surface area contributed by atoms with Crippen molar-refractivity contribution in [1.29, 1.82) is 0 Å². The number of nitrogens with one attached hydrogen (secondary N) is 1. The normalized spacial score (nSPS) is 15.8. The Morgan fingerprint density at radius 3 is 2.65 bits per heavy atom. The van der Waals surface area contributed by atoms with Crippen molar-refractivity contribution in [2.75, 3.05) is 48.9 Å². The van der Waals surface area contributed by atoms with Crippen molar-refractivity contribution in [2.45, 2.75) is 6.54 Å². The fraction of sp³-hybridized carbons (Fsp3) is 0.286. The third kappa shape index (κ3) is 4.35. The number of nitrogens with zero attached hydrogens (tertiary/aromatic N) is 5. The van der Waals surface area contributed by atoms with Gasteiger partial charge in [-0.1, -0.05) is 6.07 Å². The standard InChI is InChI=1S/C21H22BrN7O2/c22-15-2-4-18(24-10-15)27-20-19(23)21(26-12-25-20)29-7-5-28(6-8-29)11-14-1-3-16-17(9-14)31-13-30-16/h1-4,9-10,12H,5-8,11,13,23H2,(H,24,25,26,27). The van der Waals surface area contributed by atoms with E-state index in [1.807, 2.05) is 18.2 Å². The molecule has 31 heavy (non-hydrogen) atoms. The number of nitrogens with two attached hydrogens (primary N) is 1. The van der Waals surface area contributed by atoms with Gasteiger partial charge >= 0.3 is 0 Å². The maximum atomic E-state index is 6.40. The Morgan fingerprint density at radius 1 is 1.00 bits per heavy atom. The van der Waals surface area contributed by atoms with Crippen molar-refractivity contribution in [3.63, 3.8) is 0 Å². The molecule has 0 saturated carbocycles. The van der Waals surface area contributed by atoms with E-state index in [4.69, 9.17) is 15.2 Å². The monoisotopic (exact) mass is 483 g/mol. The first-order valence-electron chi connectivity index (χ1n) is 10.0. The number of anilines is 4. The molecular formula is C21H22BrN7O2. The van der Waals surface area contributed by atoms with Gasteiger partial charge in [0.15, 0.2) is 23.1 Å². The quantitative estimate of drug-likeness (QED) is 0.566. The molecule has 2 aliphatic rings. The van der Waals surface area contributed by atoms with Gasteiger partial charge in [0.2, 0.25) is 6.79 Å². The summed E-state index contributed by atoms with van der Waals surface area (Å²) in [6.45, 7) is 4.66. The molecule has 0 radical (unpaired) electrons. The number of hydrogen-bond donors (Lipinski definition) is 2. The van der Waals surface area contributed by atoms with E-state index in [0.29, 0.717) is 24.1 Å². The Bertz CT molecular complexity index is 1070. The number of rotatable bonds is 5. The number of pyridine rings is 1. The van der Waals surface area contributed by atoms with Crippen LogP contribution in [0.4, 0.5) is 23.1 Å². The van der Waals surface area contributed by atoms with Gasteiger partial charge in [0.1, 0.15) is 17.8 Å². The van der Waals surface area contributed by atoms with Gasteiger partial charge in [-0.3, -0.25) is 4.90 Å². The van der Waals surface area contributed by atoms with Crippen LogP contribution in [-0.4, -0.2) is 52.8 Å². The predicted molar refractivity (Wildman–Crippen MR) is 122 cm³/mol. The Labute approximate surface area is 188 Å². The molecule has 10 heteroatoms. The molecule has 0 unspecified atom stereocenters. The zero-order valence-electron chi connectivity index (χ0n) is 16.8. The molecule has 2 aliphatic heterocycles. The minimum absolute atomic E-state index is 0.298. The minimum Gasteiger partial charge on any atom is -0.454 e. The minimum atomic E-state index is 0.298. The smallest absolute Gasteiger partial charge is 0.231 e. The van der Waals surface area contributed by atoms with Crippen LogP contribution in [0.25, 0.3) is 0 Å². The average molecular weight is 484 g/mol. The van der Waals surface area contributed by atoms with Gasteiger partial charge in [0.05, 0.1) is 0 Å². The van der Waals surface area contributed by atoms with Crippen LogP contribution in [0.2, 0.25) is 0 Å². The van der Waals surface area contributed by atoms with E-state index in [0.717, 1.165) is 54.5 Å². The molecule has 0 atom stereocenters. The van der Waals surface area contributed by atoms with E-state index in [9.17, 15) is 0 Å². The summed E-state index contributed by atoms with van der Waals surface area (Å²) in [5.74, 6) is 3.62. The lowest BCUT2D eigenvalue weighted by Crippen LogP contribution is -2.46. The summed E-state index contributed by atoms with van der Waals surface area (Å²) < 4.78 is 11.8. The van der Waals surface area contributed by atoms with E-state index in [1.54, 1.807) is 6.20 Å². The van der Waals surface area contributed by atoms with Crippen molar-refractivity contribution < 1.29 is 9.47 Å². The molecule has 2 aromatic heterocycles. The Morgan fingerprint density at radius 2 is 1.84 bits per heavy atom. The molecule has 0 bridgehead atoms. The highest BCUT2D eigenvalue weighted by Crippen LogP contribution is 2.33. The van der Waals surface area contributed by atoms with Crippen molar-refractivity contribution in [3.8, 4) is 11.5 Å². The van der Waals surface area contributed by atoms with Gasteiger partial charge in [-0.25, -0.2) is 15.0 Å². The van der Waals surface area contributed by atoms with Gasteiger partial charge < -0.3 is 25.4 Å². The summed E-state index contributed by atoms with van der Waals surface area (Å²) in [7, 11) is 0. The molecular weight excluding hydrogens is 462 g/mol. The zero-order valence-corrected chi connectivity index (χ0v) is 18.4. The van der Waals surface area contributed by atoms with Crippen LogP contribution >= 0.6 is 15.9 Å². The summed E-state index contributed by atoms with van der Waals surface area (Å²) in [5.41, 5.74) is 8.14. The largest absolute Gasteiger partial charge is 0.454 e. The van der Waals surface area contributed by atoms with Crippen molar-refractivity contribution in [1.82, 2.24) is 19.9 Å². The SMILES string of the molecule is Nc1c(Nc2ccc(Br)cn2)ncnc1N1CCN(Cc2ccc3c(c2)OCO3)CC1.